The van der Waals surface area contributed by atoms with Crippen LogP contribution in [0.2, 0.25) is 0 Å². The number of hydrogen-bond acceptors (Lipinski definition) is 5. The molecule has 0 amide bonds. The molecule has 0 saturated heterocycles. The zero-order chi connectivity index (χ0) is 13.7. The Balaban J connectivity index is 2.78. The van der Waals surface area contributed by atoms with Crippen molar-refractivity contribution < 1.29 is 14.6 Å². The average molecular weight is 272 g/mol. The number of carbonyl (C=O) groups is 1. The van der Waals surface area contributed by atoms with E-state index in [4.69, 9.17) is 33.0 Å². The fourth-order valence-electron chi connectivity index (χ4n) is 1.24. The van der Waals surface area contributed by atoms with Gasteiger partial charge in [0.2, 0.25) is 0 Å². The lowest BCUT2D eigenvalue weighted by Gasteiger charge is -2.18. The van der Waals surface area contributed by atoms with E-state index in [1.165, 1.54) is 0 Å². The minimum atomic E-state index is -1.31. The maximum absolute atomic E-state index is 10.6. The normalized spacial score (nSPS) is 11.7. The van der Waals surface area contributed by atoms with Crippen LogP contribution >= 0.6 is 11.6 Å². The summed E-state index contributed by atoms with van der Waals surface area (Å²) >= 11 is 5.74. The Morgan fingerprint density at radius 2 is 2.00 bits per heavy atom. The Morgan fingerprint density at radius 3 is 2.44 bits per heavy atom. The third-order valence-corrected chi connectivity index (χ3v) is 2.64. The van der Waals surface area contributed by atoms with Crippen molar-refractivity contribution >= 4 is 17.6 Å². The highest BCUT2D eigenvalue weighted by molar-refractivity contribution is 6.31. The van der Waals surface area contributed by atoms with Crippen molar-refractivity contribution in [2.24, 2.45) is 11.6 Å². The lowest BCUT2D eigenvalue weighted by atomic mass is 10.2. The number of ether oxygens (including phenoxy) is 1. The highest BCUT2D eigenvalue weighted by atomic mass is 35.5. The van der Waals surface area contributed by atoms with Crippen LogP contribution < -0.4 is 16.3 Å². The van der Waals surface area contributed by atoms with E-state index in [0.29, 0.717) is 5.75 Å². The van der Waals surface area contributed by atoms with Gasteiger partial charge in [-0.05, 0) is 17.7 Å². The molecule has 0 atom stereocenters. The van der Waals surface area contributed by atoms with Crippen molar-refractivity contribution in [2.45, 2.75) is 6.54 Å². The fourth-order valence-corrected chi connectivity index (χ4v) is 1.38. The van der Waals surface area contributed by atoms with Gasteiger partial charge in [0.05, 0.1) is 13.7 Å². The number of benzene rings is 1. The summed E-state index contributed by atoms with van der Waals surface area (Å²) < 4.78 is 5.01. The quantitative estimate of drug-likeness (QED) is 0.317. The molecule has 0 aromatic heterocycles. The zero-order valence-corrected chi connectivity index (χ0v) is 10.5. The van der Waals surface area contributed by atoms with Crippen molar-refractivity contribution in [3.63, 3.8) is 0 Å². The molecule has 1 aromatic carbocycles. The van der Waals surface area contributed by atoms with Crippen LogP contribution in [0.4, 0.5) is 0 Å². The molecule has 5 N–H and O–H groups in total. The van der Waals surface area contributed by atoms with E-state index in [0.717, 1.165) is 10.6 Å². The van der Waals surface area contributed by atoms with E-state index in [-0.39, 0.29) is 11.7 Å². The van der Waals surface area contributed by atoms with Crippen LogP contribution in [0.15, 0.2) is 35.1 Å². The summed E-state index contributed by atoms with van der Waals surface area (Å²) in [5.74, 6) is 5.03. The molecule has 1 aromatic rings. The Hall–Kier alpha value is -1.92. The summed E-state index contributed by atoms with van der Waals surface area (Å²) in [6.07, 6.45) is 0. The van der Waals surface area contributed by atoms with Gasteiger partial charge < -0.3 is 15.6 Å². The smallest absolute Gasteiger partial charge is 0.354 e. The second kappa shape index (κ2) is 6.13. The van der Waals surface area contributed by atoms with E-state index in [1.54, 1.807) is 31.4 Å². The third-order valence-electron chi connectivity index (χ3n) is 2.22. The first-order valence-corrected chi connectivity index (χ1v) is 5.37. The van der Waals surface area contributed by atoms with Gasteiger partial charge in [-0.2, -0.15) is 0 Å². The number of hydrogen-bond donors (Lipinski definition) is 3. The van der Waals surface area contributed by atoms with Crippen LogP contribution in [0.25, 0.3) is 0 Å². The first-order chi connectivity index (χ1) is 8.45. The number of rotatable bonds is 5. The van der Waals surface area contributed by atoms with E-state index < -0.39 is 11.7 Å². The van der Waals surface area contributed by atoms with Crippen molar-refractivity contribution in [2.75, 3.05) is 7.11 Å². The van der Waals surface area contributed by atoms with Crippen molar-refractivity contribution in [1.29, 1.82) is 0 Å². The summed E-state index contributed by atoms with van der Waals surface area (Å²) in [6, 6.07) is 7.11. The Morgan fingerprint density at radius 1 is 1.44 bits per heavy atom. The predicted octanol–water partition coefficient (Wildman–Crippen LogP) is 0.822. The monoisotopic (exact) mass is 271 g/mol. The van der Waals surface area contributed by atoms with Crippen LogP contribution in [-0.2, 0) is 11.3 Å². The molecule has 0 saturated carbocycles. The van der Waals surface area contributed by atoms with E-state index in [2.05, 4.69) is 0 Å². The maximum Gasteiger partial charge on any atom is 0.354 e. The Bertz CT molecular complexity index is 459. The standard InChI is InChI=1S/C11H14ClN3O3/c1-18-8-4-2-7(3-5-8)6-15(14)10(12)9(13)11(16)17/h2-5H,6,13-14H2,1H3,(H,16,17)/b10-9-. The van der Waals surface area contributed by atoms with Crippen LogP contribution in [0.5, 0.6) is 5.75 Å². The number of methoxy groups -OCH3 is 1. The summed E-state index contributed by atoms with van der Waals surface area (Å²) in [5.41, 5.74) is 5.62. The summed E-state index contributed by atoms with van der Waals surface area (Å²) in [7, 11) is 1.57. The molecule has 7 heteroatoms. The molecule has 1 rings (SSSR count). The number of halogens is 1. The van der Waals surface area contributed by atoms with E-state index in [9.17, 15) is 4.79 Å². The lowest BCUT2D eigenvalue weighted by molar-refractivity contribution is -0.132. The van der Waals surface area contributed by atoms with Gasteiger partial charge in [-0.15, -0.1) is 0 Å². The molecular weight excluding hydrogens is 258 g/mol. The average Bonchev–Trinajstić information content (AvgIpc) is 2.37. The van der Waals surface area contributed by atoms with Gasteiger partial charge in [0.25, 0.3) is 0 Å². The molecule has 0 spiro atoms. The predicted molar refractivity (Wildman–Crippen MR) is 67.4 cm³/mol. The minimum Gasteiger partial charge on any atom is -0.497 e. The van der Waals surface area contributed by atoms with Crippen molar-refractivity contribution in [3.05, 3.63) is 40.7 Å². The zero-order valence-electron chi connectivity index (χ0n) is 9.76. The van der Waals surface area contributed by atoms with E-state index >= 15 is 0 Å². The van der Waals surface area contributed by atoms with Crippen LogP contribution in [-0.4, -0.2) is 23.2 Å². The lowest BCUT2D eigenvalue weighted by Crippen LogP contribution is -2.31. The summed E-state index contributed by atoms with van der Waals surface area (Å²) in [5, 5.41) is 9.52. The van der Waals surface area contributed by atoms with Crippen molar-refractivity contribution in [3.8, 4) is 5.75 Å². The Kier molecular flexibility index (Phi) is 4.82. The number of carboxylic acid groups (broad SMARTS) is 1. The number of hydrazine groups is 1. The second-order valence-electron chi connectivity index (χ2n) is 3.49. The van der Waals surface area contributed by atoms with Gasteiger partial charge in [0, 0.05) is 0 Å². The minimum absolute atomic E-state index is 0.210. The SMILES string of the molecule is COc1ccc(CN(N)/C(Cl)=C(\N)C(=O)O)cc1. The number of nitrogens with zero attached hydrogens (tertiary/aromatic N) is 1. The molecule has 0 fully saturated rings. The molecule has 0 aliphatic heterocycles. The molecule has 0 heterocycles. The highest BCUT2D eigenvalue weighted by Gasteiger charge is 2.13. The molecule has 18 heavy (non-hydrogen) atoms. The second-order valence-corrected chi connectivity index (χ2v) is 3.84. The van der Waals surface area contributed by atoms with Gasteiger partial charge in [0.1, 0.15) is 10.9 Å². The van der Waals surface area contributed by atoms with Gasteiger partial charge in [-0.3, -0.25) is 5.01 Å². The molecule has 0 unspecified atom stereocenters. The first-order valence-electron chi connectivity index (χ1n) is 4.99. The first kappa shape index (κ1) is 14.1. The van der Waals surface area contributed by atoms with Crippen LogP contribution in [0, 0.1) is 0 Å². The van der Waals surface area contributed by atoms with Crippen molar-refractivity contribution in [1.82, 2.24) is 5.01 Å². The molecule has 0 radical (unpaired) electrons. The largest absolute Gasteiger partial charge is 0.497 e. The third kappa shape index (κ3) is 3.54. The number of carboxylic acids is 1. The Labute approximate surface area is 109 Å². The summed E-state index contributed by atoms with van der Waals surface area (Å²) in [4.78, 5) is 10.6. The molecule has 6 nitrogen and oxygen atoms in total. The number of nitrogens with two attached hydrogens (primary N) is 2. The molecule has 0 aliphatic carbocycles. The van der Waals surface area contributed by atoms with Gasteiger partial charge >= 0.3 is 5.97 Å². The van der Waals surface area contributed by atoms with Crippen LogP contribution in [0.3, 0.4) is 0 Å². The molecule has 0 bridgehead atoms. The summed E-state index contributed by atoms with van der Waals surface area (Å²) in [6.45, 7) is 0.233. The molecule has 98 valence electrons. The maximum atomic E-state index is 10.6. The van der Waals surface area contributed by atoms with Gasteiger partial charge in [-0.25, -0.2) is 10.6 Å². The molecular formula is C11H14ClN3O3. The van der Waals surface area contributed by atoms with Gasteiger partial charge in [-0.1, -0.05) is 23.7 Å². The number of aliphatic carboxylic acids is 1. The fraction of sp³-hybridized carbons (Fsp3) is 0.182. The topological polar surface area (TPSA) is 102 Å². The van der Waals surface area contributed by atoms with Crippen LogP contribution in [0.1, 0.15) is 5.56 Å². The highest BCUT2D eigenvalue weighted by Crippen LogP contribution is 2.15. The molecule has 0 aliphatic rings. The van der Waals surface area contributed by atoms with E-state index in [1.807, 2.05) is 0 Å². The van der Waals surface area contributed by atoms with Gasteiger partial charge in [0.15, 0.2) is 5.70 Å².